The van der Waals surface area contributed by atoms with E-state index < -0.39 is 0 Å². The van der Waals surface area contributed by atoms with Crippen molar-refractivity contribution < 1.29 is 9.53 Å². The van der Waals surface area contributed by atoms with Gasteiger partial charge in [-0.2, -0.15) is 0 Å². The molecule has 0 unspecified atom stereocenters. The molecule has 2 aromatic carbocycles. The third-order valence-corrected chi connectivity index (χ3v) is 4.44. The minimum absolute atomic E-state index is 0.223. The Morgan fingerprint density at radius 2 is 1.72 bits per heavy atom. The summed E-state index contributed by atoms with van der Waals surface area (Å²) in [4.78, 5) is 12.5. The Kier molecular flexibility index (Phi) is 5.89. The third-order valence-electron chi connectivity index (χ3n) is 4.44. The number of aromatic nitrogens is 1. The first-order chi connectivity index (χ1) is 12.3. The fourth-order valence-electron chi connectivity index (χ4n) is 3.09. The van der Waals surface area contributed by atoms with Crippen LogP contribution in [0, 0.1) is 0 Å². The van der Waals surface area contributed by atoms with Crippen molar-refractivity contribution in [2.75, 3.05) is 6.61 Å². The van der Waals surface area contributed by atoms with Crippen molar-refractivity contribution in [3.8, 4) is 0 Å². The first-order valence-electron chi connectivity index (χ1n) is 9.08. The van der Waals surface area contributed by atoms with E-state index in [4.69, 9.17) is 4.74 Å². The minimum Gasteiger partial charge on any atom is -0.462 e. The Hall–Kier alpha value is -2.55. The van der Waals surface area contributed by atoms with Crippen molar-refractivity contribution in [3.05, 3.63) is 71.9 Å². The minimum atomic E-state index is -0.223. The molecule has 1 heterocycles. The lowest BCUT2D eigenvalue weighted by Crippen LogP contribution is -2.06. The molecular formula is C22H25NO2. The number of hydrogen-bond acceptors (Lipinski definition) is 2. The second-order valence-electron chi connectivity index (χ2n) is 6.37. The van der Waals surface area contributed by atoms with Gasteiger partial charge in [-0.1, -0.05) is 74.7 Å². The van der Waals surface area contributed by atoms with Crippen LogP contribution in [0.15, 0.2) is 60.8 Å². The predicted octanol–water partition coefficient (Wildman–Crippen LogP) is 5.43. The summed E-state index contributed by atoms with van der Waals surface area (Å²) < 4.78 is 7.62. The average molecular weight is 335 g/mol. The van der Waals surface area contributed by atoms with E-state index in [1.165, 1.54) is 18.4 Å². The number of carbonyl (C=O) groups is 1. The number of benzene rings is 2. The summed E-state index contributed by atoms with van der Waals surface area (Å²) in [5.74, 6) is -0.223. The van der Waals surface area contributed by atoms with E-state index in [0.717, 1.165) is 30.3 Å². The zero-order valence-corrected chi connectivity index (χ0v) is 14.8. The lowest BCUT2D eigenvalue weighted by molar-refractivity contribution is 0.0500. The molecule has 130 valence electrons. The van der Waals surface area contributed by atoms with Crippen LogP contribution in [0.1, 0.15) is 48.5 Å². The Morgan fingerprint density at radius 3 is 2.52 bits per heavy atom. The van der Waals surface area contributed by atoms with Gasteiger partial charge in [0.1, 0.15) is 0 Å². The molecule has 0 saturated heterocycles. The molecule has 3 rings (SSSR count). The summed E-state index contributed by atoms with van der Waals surface area (Å²) >= 11 is 0. The maximum absolute atomic E-state index is 12.5. The van der Waals surface area contributed by atoms with Crippen molar-refractivity contribution in [2.45, 2.75) is 39.2 Å². The van der Waals surface area contributed by atoms with Gasteiger partial charge < -0.3 is 9.30 Å². The number of hydrogen-bond donors (Lipinski definition) is 0. The molecule has 25 heavy (non-hydrogen) atoms. The monoisotopic (exact) mass is 335 g/mol. The average Bonchev–Trinajstić information content (AvgIpc) is 3.01. The molecule has 0 amide bonds. The van der Waals surface area contributed by atoms with Crippen LogP contribution < -0.4 is 0 Å². The highest BCUT2D eigenvalue weighted by molar-refractivity contribution is 6.04. The number of rotatable bonds is 8. The molecule has 0 N–H and O–H groups in total. The molecular weight excluding hydrogens is 310 g/mol. The van der Waals surface area contributed by atoms with Gasteiger partial charge in [-0.15, -0.1) is 0 Å². The van der Waals surface area contributed by atoms with Crippen LogP contribution in [0.5, 0.6) is 0 Å². The van der Waals surface area contributed by atoms with Crippen LogP contribution in [0.4, 0.5) is 0 Å². The normalized spacial score (nSPS) is 10.9. The van der Waals surface area contributed by atoms with E-state index in [1.807, 2.05) is 42.6 Å². The summed E-state index contributed by atoms with van der Waals surface area (Å²) in [7, 11) is 0. The van der Waals surface area contributed by atoms with Crippen molar-refractivity contribution in [2.24, 2.45) is 0 Å². The molecule has 0 spiro atoms. The van der Waals surface area contributed by atoms with Gasteiger partial charge in [0.25, 0.3) is 0 Å². The molecule has 3 heteroatoms. The second-order valence-corrected chi connectivity index (χ2v) is 6.37. The highest BCUT2D eigenvalue weighted by Crippen LogP contribution is 2.23. The topological polar surface area (TPSA) is 31.2 Å². The van der Waals surface area contributed by atoms with E-state index in [9.17, 15) is 4.79 Å². The fraction of sp³-hybridized carbons (Fsp3) is 0.318. The van der Waals surface area contributed by atoms with Gasteiger partial charge in [0.05, 0.1) is 12.2 Å². The summed E-state index contributed by atoms with van der Waals surface area (Å²) in [6, 6.07) is 18.3. The number of ether oxygens (including phenoxy) is 1. The molecule has 3 aromatic rings. The van der Waals surface area contributed by atoms with Gasteiger partial charge in [-0.3, -0.25) is 0 Å². The van der Waals surface area contributed by atoms with Gasteiger partial charge in [0.2, 0.25) is 0 Å². The van der Waals surface area contributed by atoms with Gasteiger partial charge in [0.15, 0.2) is 0 Å². The largest absolute Gasteiger partial charge is 0.462 e. The van der Waals surface area contributed by atoms with Gasteiger partial charge in [-0.05, 0) is 18.1 Å². The van der Waals surface area contributed by atoms with Crippen LogP contribution in [-0.2, 0) is 11.3 Å². The van der Waals surface area contributed by atoms with Crippen LogP contribution in [0.25, 0.3) is 10.9 Å². The van der Waals surface area contributed by atoms with Gasteiger partial charge in [0, 0.05) is 23.6 Å². The number of nitrogens with zero attached hydrogens (tertiary/aromatic N) is 1. The van der Waals surface area contributed by atoms with Crippen molar-refractivity contribution in [3.63, 3.8) is 0 Å². The Morgan fingerprint density at radius 1 is 0.960 bits per heavy atom. The second kappa shape index (κ2) is 8.52. The molecule has 0 fully saturated rings. The molecule has 0 saturated carbocycles. The van der Waals surface area contributed by atoms with Crippen LogP contribution in [0.2, 0.25) is 0 Å². The molecule has 1 aromatic heterocycles. The van der Waals surface area contributed by atoms with Crippen LogP contribution in [0.3, 0.4) is 0 Å². The molecule has 0 bridgehead atoms. The number of carbonyl (C=O) groups excluding carboxylic acids is 1. The van der Waals surface area contributed by atoms with E-state index >= 15 is 0 Å². The molecule has 0 radical (unpaired) electrons. The zero-order chi connectivity index (χ0) is 17.5. The van der Waals surface area contributed by atoms with E-state index in [1.54, 1.807) is 0 Å². The van der Waals surface area contributed by atoms with E-state index in [2.05, 4.69) is 29.7 Å². The van der Waals surface area contributed by atoms with Crippen molar-refractivity contribution in [1.82, 2.24) is 4.57 Å². The molecule has 0 aliphatic carbocycles. The van der Waals surface area contributed by atoms with Gasteiger partial charge in [-0.25, -0.2) is 4.79 Å². The summed E-state index contributed by atoms with van der Waals surface area (Å²) in [5, 5.41) is 0.956. The summed E-state index contributed by atoms with van der Waals surface area (Å²) in [5.41, 5.74) is 2.93. The SMILES string of the molecule is CCCCCCOC(=O)c1cn(Cc2ccccc2)c2ccccc12. The van der Waals surface area contributed by atoms with E-state index in [-0.39, 0.29) is 5.97 Å². The zero-order valence-electron chi connectivity index (χ0n) is 14.8. The maximum Gasteiger partial charge on any atom is 0.340 e. The number of para-hydroxylation sites is 1. The van der Waals surface area contributed by atoms with Crippen LogP contribution in [-0.4, -0.2) is 17.1 Å². The Bertz CT molecular complexity index is 820. The first-order valence-corrected chi connectivity index (χ1v) is 9.08. The van der Waals surface area contributed by atoms with Crippen molar-refractivity contribution >= 4 is 16.9 Å². The first kappa shape index (κ1) is 17.3. The fourth-order valence-corrected chi connectivity index (χ4v) is 3.09. The predicted molar refractivity (Wildman–Crippen MR) is 102 cm³/mol. The number of fused-ring (bicyclic) bond motifs is 1. The maximum atomic E-state index is 12.5. The lowest BCUT2D eigenvalue weighted by atomic mass is 10.2. The highest BCUT2D eigenvalue weighted by Gasteiger charge is 2.16. The van der Waals surface area contributed by atoms with E-state index in [0.29, 0.717) is 12.2 Å². The summed E-state index contributed by atoms with van der Waals surface area (Å²) in [6.07, 6.45) is 6.34. The lowest BCUT2D eigenvalue weighted by Gasteiger charge is -2.05. The Balaban J connectivity index is 1.78. The quantitative estimate of drug-likeness (QED) is 0.406. The molecule has 0 aliphatic rings. The Labute approximate surface area is 149 Å². The summed E-state index contributed by atoms with van der Waals surface area (Å²) in [6.45, 7) is 3.41. The number of unbranched alkanes of at least 4 members (excludes halogenated alkanes) is 3. The standard InChI is InChI=1S/C22H25NO2/c1-2-3-4-10-15-25-22(24)20-17-23(16-18-11-6-5-7-12-18)21-14-9-8-13-19(20)21/h5-9,11-14,17H,2-4,10,15-16H2,1H3. The van der Waals surface area contributed by atoms with Crippen molar-refractivity contribution in [1.29, 1.82) is 0 Å². The van der Waals surface area contributed by atoms with Crippen LogP contribution >= 0.6 is 0 Å². The van der Waals surface area contributed by atoms with Gasteiger partial charge >= 0.3 is 5.97 Å². The number of esters is 1. The smallest absolute Gasteiger partial charge is 0.340 e. The highest BCUT2D eigenvalue weighted by atomic mass is 16.5. The molecule has 0 atom stereocenters. The molecule has 0 aliphatic heterocycles. The molecule has 3 nitrogen and oxygen atoms in total. The third kappa shape index (κ3) is 4.30.